The van der Waals surface area contributed by atoms with E-state index in [-0.39, 0.29) is 5.75 Å². The largest absolute Gasteiger partial charge is 0.454 e. The summed E-state index contributed by atoms with van der Waals surface area (Å²) in [5, 5.41) is 3.19. The van der Waals surface area contributed by atoms with E-state index in [0.29, 0.717) is 54.4 Å². The van der Waals surface area contributed by atoms with Gasteiger partial charge in [0.05, 0.1) is 24.4 Å². The topological polar surface area (TPSA) is 69.4 Å². The van der Waals surface area contributed by atoms with Crippen molar-refractivity contribution in [1.82, 2.24) is 10.3 Å². The number of hydrogen-bond donors (Lipinski definition) is 2. The fourth-order valence-corrected chi connectivity index (χ4v) is 4.95. The van der Waals surface area contributed by atoms with Gasteiger partial charge in [-0.1, -0.05) is 12.1 Å². The molecule has 1 spiro atoms. The fourth-order valence-electron chi connectivity index (χ4n) is 4.95. The number of hydrogen-bond acceptors (Lipinski definition) is 5. The summed E-state index contributed by atoms with van der Waals surface area (Å²) in [4.78, 5) is 3.77. The smallest absolute Gasteiger partial charge is 0.220 e. The number of nitrogens with one attached hydrogen (secondary N) is 1. The summed E-state index contributed by atoms with van der Waals surface area (Å²) in [6.07, 6.45) is 6.01. The molecule has 0 unspecified atom stereocenters. The van der Waals surface area contributed by atoms with Gasteiger partial charge in [0.25, 0.3) is 0 Å². The van der Waals surface area contributed by atoms with E-state index in [2.05, 4.69) is 10.3 Å². The minimum absolute atomic E-state index is 0.187. The molecule has 0 bridgehead atoms. The first-order valence-electron chi connectivity index (χ1n) is 10.8. The summed E-state index contributed by atoms with van der Waals surface area (Å²) in [6, 6.07) is 12.3. The molecule has 3 aliphatic rings. The Labute approximate surface area is 189 Å². The van der Waals surface area contributed by atoms with Crippen molar-refractivity contribution in [2.75, 3.05) is 19.8 Å². The summed E-state index contributed by atoms with van der Waals surface area (Å²) in [6.45, 7) is 1.54. The number of nitrogens with zero attached hydrogens (tertiary/aromatic N) is 1. The second-order valence-corrected chi connectivity index (χ2v) is 8.47. The first-order valence-corrected chi connectivity index (χ1v) is 10.8. The summed E-state index contributed by atoms with van der Waals surface area (Å²) < 4.78 is 41.3. The van der Waals surface area contributed by atoms with Crippen molar-refractivity contribution in [2.24, 2.45) is 5.73 Å². The van der Waals surface area contributed by atoms with Crippen LogP contribution in [0.25, 0.3) is 16.7 Å². The van der Waals surface area contributed by atoms with E-state index in [1.54, 1.807) is 24.3 Å². The average Bonchev–Trinajstić information content (AvgIpc) is 3.23. The van der Waals surface area contributed by atoms with Gasteiger partial charge in [0.2, 0.25) is 5.95 Å². The van der Waals surface area contributed by atoms with Crippen LogP contribution < -0.4 is 15.8 Å². The van der Waals surface area contributed by atoms with Gasteiger partial charge in [-0.05, 0) is 65.6 Å². The predicted molar refractivity (Wildman–Crippen MR) is 121 cm³/mol. The molecule has 0 saturated carbocycles. The van der Waals surface area contributed by atoms with Crippen LogP contribution in [0.1, 0.15) is 23.1 Å². The molecule has 0 radical (unpaired) electrons. The summed E-state index contributed by atoms with van der Waals surface area (Å²) in [7, 11) is 0. The van der Waals surface area contributed by atoms with Gasteiger partial charge >= 0.3 is 0 Å². The molecule has 166 valence electrons. The molecule has 3 N–H and O–H groups in total. The van der Waals surface area contributed by atoms with E-state index in [9.17, 15) is 4.39 Å². The van der Waals surface area contributed by atoms with E-state index >= 15 is 4.39 Å². The van der Waals surface area contributed by atoms with Crippen molar-refractivity contribution in [3.63, 3.8) is 0 Å². The Hall–Kier alpha value is -3.71. The summed E-state index contributed by atoms with van der Waals surface area (Å²) in [5.41, 5.74) is 9.77. The average molecular weight is 445 g/mol. The van der Waals surface area contributed by atoms with Crippen LogP contribution in [0.15, 0.2) is 66.6 Å². The monoisotopic (exact) mass is 445 g/mol. The van der Waals surface area contributed by atoms with E-state index in [1.807, 2.05) is 24.3 Å². The minimum Gasteiger partial charge on any atom is -0.454 e. The summed E-state index contributed by atoms with van der Waals surface area (Å²) >= 11 is 0. The highest BCUT2D eigenvalue weighted by Crippen LogP contribution is 2.52. The molecule has 0 fully saturated rings. The molecule has 6 rings (SSSR count). The van der Waals surface area contributed by atoms with Crippen molar-refractivity contribution < 1.29 is 18.3 Å². The van der Waals surface area contributed by atoms with Gasteiger partial charge in [-0.15, -0.1) is 0 Å². The Bertz CT molecular complexity index is 1350. The van der Waals surface area contributed by atoms with Gasteiger partial charge in [-0.2, -0.15) is 4.39 Å². The quantitative estimate of drug-likeness (QED) is 0.563. The van der Waals surface area contributed by atoms with Crippen LogP contribution in [-0.2, 0) is 10.2 Å². The lowest BCUT2D eigenvalue weighted by Gasteiger charge is -2.36. The molecule has 1 atom stereocenters. The van der Waals surface area contributed by atoms with Crippen molar-refractivity contribution >= 4 is 5.57 Å². The Morgan fingerprint density at radius 2 is 1.94 bits per heavy atom. The van der Waals surface area contributed by atoms with Crippen LogP contribution >= 0.6 is 0 Å². The maximum atomic E-state index is 15.4. The Morgan fingerprint density at radius 3 is 2.70 bits per heavy atom. The normalized spacial score (nSPS) is 20.9. The number of halogens is 2. The Morgan fingerprint density at radius 1 is 1.06 bits per heavy atom. The zero-order valence-corrected chi connectivity index (χ0v) is 17.7. The van der Waals surface area contributed by atoms with Gasteiger partial charge < -0.3 is 20.5 Å². The second-order valence-electron chi connectivity index (χ2n) is 8.47. The van der Waals surface area contributed by atoms with Crippen LogP contribution in [-0.4, -0.2) is 24.7 Å². The number of nitrogens with two attached hydrogens (primary N) is 1. The van der Waals surface area contributed by atoms with Gasteiger partial charge in [0.1, 0.15) is 5.75 Å². The molecular formula is C26H21F2N3O2. The molecular weight excluding hydrogens is 424 g/mol. The van der Waals surface area contributed by atoms with E-state index in [4.69, 9.17) is 15.2 Å². The highest BCUT2D eigenvalue weighted by Gasteiger charge is 2.45. The minimum atomic E-state index is -0.760. The molecule has 7 heteroatoms. The number of benzene rings is 2. The van der Waals surface area contributed by atoms with E-state index in [1.165, 1.54) is 12.3 Å². The second kappa shape index (κ2) is 7.42. The van der Waals surface area contributed by atoms with Crippen molar-refractivity contribution in [3.8, 4) is 22.6 Å². The number of ether oxygens (including phenoxy) is 2. The first kappa shape index (κ1) is 19.9. The third-order valence-corrected chi connectivity index (χ3v) is 6.57. The van der Waals surface area contributed by atoms with Crippen LogP contribution in [0, 0.1) is 11.8 Å². The number of fused-ring (bicyclic) bond motifs is 4. The molecule has 0 amide bonds. The molecule has 0 saturated heterocycles. The van der Waals surface area contributed by atoms with E-state index in [0.717, 1.165) is 16.7 Å². The highest BCUT2D eigenvalue weighted by molar-refractivity contribution is 5.74. The fraction of sp³-hybridized carbons (Fsp3) is 0.192. The number of aromatic nitrogens is 1. The molecule has 1 aromatic heterocycles. The van der Waals surface area contributed by atoms with Gasteiger partial charge in [0.15, 0.2) is 11.6 Å². The van der Waals surface area contributed by atoms with Gasteiger partial charge in [-0.3, -0.25) is 0 Å². The Balaban J connectivity index is 1.57. The molecule has 3 aliphatic heterocycles. The van der Waals surface area contributed by atoms with Crippen molar-refractivity contribution in [1.29, 1.82) is 0 Å². The summed E-state index contributed by atoms with van der Waals surface area (Å²) in [5.74, 6) is 0.222. The lowest BCUT2D eigenvalue weighted by atomic mass is 9.72. The molecule has 0 aliphatic carbocycles. The molecule has 2 aromatic carbocycles. The van der Waals surface area contributed by atoms with Crippen molar-refractivity contribution in [2.45, 2.75) is 11.8 Å². The van der Waals surface area contributed by atoms with Crippen LogP contribution in [0.4, 0.5) is 8.78 Å². The predicted octanol–water partition coefficient (Wildman–Crippen LogP) is 4.63. The Kier molecular flexibility index (Phi) is 4.48. The van der Waals surface area contributed by atoms with Crippen LogP contribution in [0.3, 0.4) is 0 Å². The third-order valence-electron chi connectivity index (χ3n) is 6.57. The molecule has 3 aromatic rings. The lowest BCUT2D eigenvalue weighted by molar-refractivity contribution is 0.161. The zero-order chi connectivity index (χ0) is 22.6. The van der Waals surface area contributed by atoms with Crippen LogP contribution in [0.5, 0.6) is 11.5 Å². The maximum Gasteiger partial charge on any atom is 0.220 e. The standard InChI is InChI=1S/C26H21F2N3O2/c27-21-12-17(15-5-8-32-9-6-15)11-20-24(21)33-22-4-3-16(18-2-1-7-30-25(18)28)10-19(22)26(20)13-23(29)31-14-26/h1-5,7,10-13,31H,6,8-9,14,29H2/t26-/m0/s1. The highest BCUT2D eigenvalue weighted by atomic mass is 19.1. The molecule has 4 heterocycles. The third kappa shape index (κ3) is 3.11. The van der Waals surface area contributed by atoms with Gasteiger partial charge in [0, 0.05) is 29.4 Å². The van der Waals surface area contributed by atoms with Crippen molar-refractivity contribution in [3.05, 3.63) is 95.1 Å². The van der Waals surface area contributed by atoms with E-state index < -0.39 is 17.2 Å². The zero-order valence-electron chi connectivity index (χ0n) is 17.7. The first-order chi connectivity index (χ1) is 16.0. The number of rotatable bonds is 2. The van der Waals surface area contributed by atoms with Crippen LogP contribution in [0.2, 0.25) is 0 Å². The van der Waals surface area contributed by atoms with Gasteiger partial charge in [-0.25, -0.2) is 9.37 Å². The lowest BCUT2D eigenvalue weighted by Crippen LogP contribution is -2.35. The maximum absolute atomic E-state index is 15.4. The molecule has 5 nitrogen and oxygen atoms in total. The number of pyridine rings is 1. The SMILES string of the molecule is NC1=C[C@]2(CN1)c1cc(-c3cccnc3F)ccc1Oc1c(F)cc(C3=CCOCC3)cc12. The molecule has 33 heavy (non-hydrogen) atoms.